The van der Waals surface area contributed by atoms with Gasteiger partial charge in [-0.2, -0.15) is 0 Å². The molecule has 0 spiro atoms. The maximum atomic E-state index is 13.4. The fourth-order valence-electron chi connectivity index (χ4n) is 1.47. The molecule has 0 radical (unpaired) electrons. The summed E-state index contributed by atoms with van der Waals surface area (Å²) in [6.45, 7) is 1.74. The molecule has 0 heterocycles. The van der Waals surface area contributed by atoms with Crippen molar-refractivity contribution in [2.24, 2.45) is 0 Å². The number of hydrogen-bond acceptors (Lipinski definition) is 2. The highest BCUT2D eigenvalue weighted by molar-refractivity contribution is 6.33. The smallest absolute Gasteiger partial charge is 0.165 e. The Morgan fingerprint density at radius 1 is 1.11 bits per heavy atom. The Kier molecular flexibility index (Phi) is 3.39. The molecule has 5 heteroatoms. The second-order valence-corrected chi connectivity index (χ2v) is 4.22. The van der Waals surface area contributed by atoms with Crippen LogP contribution in [0.1, 0.15) is 5.56 Å². The summed E-state index contributed by atoms with van der Waals surface area (Å²) in [6.07, 6.45) is 0. The maximum Gasteiger partial charge on any atom is 0.165 e. The van der Waals surface area contributed by atoms with Crippen molar-refractivity contribution in [3.63, 3.8) is 0 Å². The van der Waals surface area contributed by atoms with E-state index in [0.717, 1.165) is 18.2 Å². The Morgan fingerprint density at radius 2 is 1.83 bits per heavy atom. The van der Waals surface area contributed by atoms with E-state index in [1.807, 2.05) is 0 Å². The minimum absolute atomic E-state index is 0.195. The van der Waals surface area contributed by atoms with Gasteiger partial charge in [0.25, 0.3) is 0 Å². The zero-order valence-electron chi connectivity index (χ0n) is 9.51. The lowest BCUT2D eigenvalue weighted by atomic mass is 10.2. The summed E-state index contributed by atoms with van der Waals surface area (Å²) in [6, 6.07) is 6.06. The van der Waals surface area contributed by atoms with Gasteiger partial charge >= 0.3 is 0 Å². The molecule has 2 N–H and O–H groups in total. The monoisotopic (exact) mass is 269 g/mol. The van der Waals surface area contributed by atoms with Gasteiger partial charge in [-0.15, -0.1) is 0 Å². The minimum atomic E-state index is -0.649. The van der Waals surface area contributed by atoms with Gasteiger partial charge < -0.3 is 10.5 Å². The van der Waals surface area contributed by atoms with E-state index in [-0.39, 0.29) is 5.75 Å². The summed E-state index contributed by atoms with van der Waals surface area (Å²) >= 11 is 5.85. The Bertz CT molecular complexity index is 602. The number of rotatable bonds is 2. The lowest BCUT2D eigenvalue weighted by Gasteiger charge is -2.11. The number of ether oxygens (including phenoxy) is 1. The number of hydrogen-bond donors (Lipinski definition) is 1. The van der Waals surface area contributed by atoms with E-state index >= 15 is 0 Å². The first kappa shape index (κ1) is 12.6. The number of benzene rings is 2. The normalized spacial score (nSPS) is 10.4. The van der Waals surface area contributed by atoms with Gasteiger partial charge in [-0.3, -0.25) is 0 Å². The first-order valence-electron chi connectivity index (χ1n) is 5.16. The minimum Gasteiger partial charge on any atom is -0.454 e. The number of aryl methyl sites for hydroxylation is 1. The van der Waals surface area contributed by atoms with Crippen molar-refractivity contribution >= 4 is 17.3 Å². The predicted molar refractivity (Wildman–Crippen MR) is 67.0 cm³/mol. The average Bonchev–Trinajstić information content (AvgIpc) is 2.30. The summed E-state index contributed by atoms with van der Waals surface area (Å²) in [5.74, 6) is -1.09. The zero-order valence-corrected chi connectivity index (χ0v) is 10.3. The van der Waals surface area contributed by atoms with Crippen LogP contribution >= 0.6 is 11.6 Å². The first-order chi connectivity index (χ1) is 8.47. The van der Waals surface area contributed by atoms with E-state index in [0.29, 0.717) is 22.0 Å². The van der Waals surface area contributed by atoms with Crippen LogP contribution in [-0.2, 0) is 0 Å². The molecule has 2 aromatic carbocycles. The van der Waals surface area contributed by atoms with Crippen molar-refractivity contribution in [2.45, 2.75) is 6.92 Å². The van der Waals surface area contributed by atoms with E-state index in [1.54, 1.807) is 13.0 Å². The molecule has 2 rings (SSSR count). The third kappa shape index (κ3) is 2.54. The molecule has 0 aliphatic heterocycles. The van der Waals surface area contributed by atoms with Crippen LogP contribution in [0.5, 0.6) is 11.5 Å². The predicted octanol–water partition coefficient (Wildman–Crippen LogP) is 4.30. The Balaban J connectivity index is 2.40. The molecule has 0 atom stereocenters. The molecule has 0 fully saturated rings. The largest absolute Gasteiger partial charge is 0.454 e. The topological polar surface area (TPSA) is 35.2 Å². The van der Waals surface area contributed by atoms with Crippen molar-refractivity contribution in [3.8, 4) is 11.5 Å². The van der Waals surface area contributed by atoms with E-state index in [1.165, 1.54) is 6.07 Å². The quantitative estimate of drug-likeness (QED) is 0.825. The first-order valence-corrected chi connectivity index (χ1v) is 5.53. The Labute approximate surface area is 108 Å². The number of anilines is 1. The number of halogens is 3. The second kappa shape index (κ2) is 4.82. The van der Waals surface area contributed by atoms with Crippen molar-refractivity contribution < 1.29 is 13.5 Å². The van der Waals surface area contributed by atoms with Crippen LogP contribution in [-0.4, -0.2) is 0 Å². The lowest BCUT2D eigenvalue weighted by Crippen LogP contribution is -1.94. The fraction of sp³-hybridized carbons (Fsp3) is 0.0769. The molecule has 0 aromatic heterocycles. The highest BCUT2D eigenvalue weighted by Gasteiger charge is 2.10. The molecule has 0 aliphatic carbocycles. The van der Waals surface area contributed by atoms with Gasteiger partial charge in [0.2, 0.25) is 0 Å². The van der Waals surface area contributed by atoms with Crippen LogP contribution in [0.25, 0.3) is 0 Å². The molecular weight excluding hydrogens is 260 g/mol. The van der Waals surface area contributed by atoms with Crippen LogP contribution in [0, 0.1) is 18.6 Å². The summed E-state index contributed by atoms with van der Waals surface area (Å²) in [7, 11) is 0. The lowest BCUT2D eigenvalue weighted by molar-refractivity contribution is 0.434. The molecule has 94 valence electrons. The summed E-state index contributed by atoms with van der Waals surface area (Å²) in [5.41, 5.74) is 6.70. The second-order valence-electron chi connectivity index (χ2n) is 3.82. The zero-order chi connectivity index (χ0) is 13.3. The Hall–Kier alpha value is -1.81. The highest BCUT2D eigenvalue weighted by Crippen LogP contribution is 2.32. The van der Waals surface area contributed by atoms with Gasteiger partial charge in [-0.1, -0.05) is 11.6 Å². The summed E-state index contributed by atoms with van der Waals surface area (Å²) < 4.78 is 31.7. The summed E-state index contributed by atoms with van der Waals surface area (Å²) in [5, 5.41) is 0.299. The van der Waals surface area contributed by atoms with E-state index < -0.39 is 11.6 Å². The van der Waals surface area contributed by atoms with Crippen molar-refractivity contribution in [3.05, 3.63) is 52.6 Å². The third-order valence-electron chi connectivity index (χ3n) is 2.41. The molecule has 0 unspecified atom stereocenters. The number of nitrogen functional groups attached to an aromatic ring is 1. The molecular formula is C13H10ClF2NO. The van der Waals surface area contributed by atoms with Crippen LogP contribution in [0.4, 0.5) is 14.5 Å². The molecule has 18 heavy (non-hydrogen) atoms. The van der Waals surface area contributed by atoms with Crippen LogP contribution in [0.2, 0.25) is 5.02 Å². The van der Waals surface area contributed by atoms with Gasteiger partial charge in [0.05, 0.1) is 10.7 Å². The van der Waals surface area contributed by atoms with Crippen LogP contribution in [0.15, 0.2) is 30.3 Å². The van der Waals surface area contributed by atoms with Crippen molar-refractivity contribution in [1.29, 1.82) is 0 Å². The van der Waals surface area contributed by atoms with E-state index in [2.05, 4.69) is 0 Å². The molecule has 0 saturated heterocycles. The molecule has 0 saturated carbocycles. The SMILES string of the molecule is Cc1cc(N)c(Cl)cc1Oc1cc(F)ccc1F. The standard InChI is InChI=1S/C13H10ClF2NO/c1-7-4-11(17)9(14)6-12(7)18-13-5-8(15)2-3-10(13)16/h2-6H,17H2,1H3. The van der Waals surface area contributed by atoms with Gasteiger partial charge in [0.1, 0.15) is 11.6 Å². The molecule has 2 aromatic rings. The Morgan fingerprint density at radius 3 is 2.56 bits per heavy atom. The highest BCUT2D eigenvalue weighted by atomic mass is 35.5. The molecule has 0 bridgehead atoms. The third-order valence-corrected chi connectivity index (χ3v) is 2.73. The molecule has 2 nitrogen and oxygen atoms in total. The molecule has 0 aliphatic rings. The van der Waals surface area contributed by atoms with Crippen LogP contribution < -0.4 is 10.5 Å². The van der Waals surface area contributed by atoms with Crippen molar-refractivity contribution in [2.75, 3.05) is 5.73 Å². The fourth-order valence-corrected chi connectivity index (χ4v) is 1.62. The van der Waals surface area contributed by atoms with Gasteiger partial charge in [0.15, 0.2) is 11.6 Å². The van der Waals surface area contributed by atoms with Crippen LogP contribution in [0.3, 0.4) is 0 Å². The maximum absolute atomic E-state index is 13.4. The van der Waals surface area contributed by atoms with Crippen molar-refractivity contribution in [1.82, 2.24) is 0 Å². The van der Waals surface area contributed by atoms with E-state index in [4.69, 9.17) is 22.1 Å². The van der Waals surface area contributed by atoms with Gasteiger partial charge in [-0.05, 0) is 30.7 Å². The van der Waals surface area contributed by atoms with E-state index in [9.17, 15) is 8.78 Å². The molecule has 0 amide bonds. The number of nitrogens with two attached hydrogens (primary N) is 1. The average molecular weight is 270 g/mol. The van der Waals surface area contributed by atoms with Gasteiger partial charge in [0, 0.05) is 12.1 Å². The summed E-state index contributed by atoms with van der Waals surface area (Å²) in [4.78, 5) is 0. The van der Waals surface area contributed by atoms with Gasteiger partial charge in [-0.25, -0.2) is 8.78 Å².